The van der Waals surface area contributed by atoms with Crippen LogP contribution in [-0.4, -0.2) is 77.2 Å². The molecule has 0 aliphatic heterocycles. The minimum atomic E-state index is -1.04. The molecule has 0 unspecified atom stereocenters. The molecule has 4 heterocycles. The molecule has 276 valence electrons. The third-order valence-electron chi connectivity index (χ3n) is 8.29. The van der Waals surface area contributed by atoms with Gasteiger partial charge in [0.25, 0.3) is 11.8 Å². The lowest BCUT2D eigenvalue weighted by Crippen LogP contribution is -2.21. The number of nitrogens with zero attached hydrogens (tertiary/aromatic N) is 6. The van der Waals surface area contributed by atoms with Crippen molar-refractivity contribution >= 4 is 23.4 Å². The highest BCUT2D eigenvalue weighted by Crippen LogP contribution is 2.24. The first-order valence-electron chi connectivity index (χ1n) is 16.9. The molecule has 6 rings (SSSR count). The fourth-order valence-corrected chi connectivity index (χ4v) is 5.51. The number of benzene rings is 2. The third-order valence-corrected chi connectivity index (χ3v) is 8.29. The lowest BCUT2D eigenvalue weighted by Gasteiger charge is -2.13. The van der Waals surface area contributed by atoms with Gasteiger partial charge in [-0.3, -0.25) is 28.5 Å². The standard InChI is InChI=1S/2C20H20N4O3/c2*1-21-20(27)17-10-15(18(25)8-13-11-22-24(2)12-13)9-16(23-17)19(26)14-6-4-3-5-7-14/h2*3-7,9-12,19,26H,8H2,1-2H3,(H,21,27)/t2*19-/m10/s1. The highest BCUT2D eigenvalue weighted by molar-refractivity contribution is 6.01. The molecule has 2 aromatic carbocycles. The van der Waals surface area contributed by atoms with Gasteiger partial charge in [-0.25, -0.2) is 9.97 Å². The average molecular weight is 729 g/mol. The normalized spacial score (nSPS) is 11.8. The molecule has 0 bridgehead atoms. The summed E-state index contributed by atoms with van der Waals surface area (Å²) in [5.41, 5.74) is 4.09. The molecule has 0 radical (unpaired) electrons. The molecule has 0 aliphatic carbocycles. The highest BCUT2D eigenvalue weighted by Gasteiger charge is 2.21. The van der Waals surface area contributed by atoms with Gasteiger partial charge in [0.2, 0.25) is 0 Å². The number of hydrogen-bond acceptors (Lipinski definition) is 10. The summed E-state index contributed by atoms with van der Waals surface area (Å²) in [6, 6.07) is 23.9. The first kappa shape index (κ1) is 38.6. The number of nitrogens with one attached hydrogen (secondary N) is 2. The number of hydrogen-bond donors (Lipinski definition) is 4. The summed E-state index contributed by atoms with van der Waals surface area (Å²) in [4.78, 5) is 58.1. The Kier molecular flexibility index (Phi) is 12.7. The van der Waals surface area contributed by atoms with Gasteiger partial charge < -0.3 is 20.8 Å². The second-order valence-corrected chi connectivity index (χ2v) is 12.4. The Morgan fingerprint density at radius 1 is 0.611 bits per heavy atom. The first-order chi connectivity index (χ1) is 25.9. The van der Waals surface area contributed by atoms with Crippen LogP contribution in [-0.2, 0) is 26.9 Å². The maximum Gasteiger partial charge on any atom is 0.269 e. The first-order valence-corrected chi connectivity index (χ1v) is 16.9. The molecule has 4 N–H and O–H groups in total. The van der Waals surface area contributed by atoms with Crippen LogP contribution in [0, 0.1) is 0 Å². The number of carbonyl (C=O) groups excluding carboxylic acids is 4. The summed E-state index contributed by atoms with van der Waals surface area (Å²) in [7, 11) is 6.53. The van der Waals surface area contributed by atoms with E-state index in [1.54, 1.807) is 96.8 Å². The maximum absolute atomic E-state index is 12.7. The molecule has 0 saturated heterocycles. The Balaban J connectivity index is 0.000000208. The summed E-state index contributed by atoms with van der Waals surface area (Å²) in [5, 5.41) is 34.4. The Labute approximate surface area is 311 Å². The molecular weight excluding hydrogens is 688 g/mol. The predicted octanol–water partition coefficient (Wildman–Crippen LogP) is 3.36. The number of pyridine rings is 2. The monoisotopic (exact) mass is 728 g/mol. The largest absolute Gasteiger partial charge is 0.382 e. The van der Waals surface area contributed by atoms with Crippen LogP contribution in [0.5, 0.6) is 0 Å². The molecule has 54 heavy (non-hydrogen) atoms. The van der Waals surface area contributed by atoms with Gasteiger partial charge in [0, 0.05) is 64.6 Å². The van der Waals surface area contributed by atoms with E-state index in [1.807, 2.05) is 12.1 Å². The van der Waals surface area contributed by atoms with Gasteiger partial charge in [0.15, 0.2) is 11.6 Å². The van der Waals surface area contributed by atoms with E-state index in [-0.39, 0.29) is 47.2 Å². The number of aryl methyl sites for hydroxylation is 2. The van der Waals surface area contributed by atoms with E-state index in [0.29, 0.717) is 22.3 Å². The SMILES string of the molecule is CNC(=O)c1cc(C(=O)Cc2cnn(C)c2)cc([C@@H](O)c2ccccc2)n1.CNC(=O)c1cc(C(=O)Cc2cnn(C)c2)cc([C@H](O)c2ccccc2)n1. The van der Waals surface area contributed by atoms with Crippen LogP contribution in [0.2, 0.25) is 0 Å². The van der Waals surface area contributed by atoms with Gasteiger partial charge in [-0.2, -0.15) is 10.2 Å². The molecule has 6 aromatic rings. The van der Waals surface area contributed by atoms with Crippen molar-refractivity contribution in [1.29, 1.82) is 0 Å². The van der Waals surface area contributed by atoms with E-state index in [0.717, 1.165) is 11.1 Å². The van der Waals surface area contributed by atoms with Crippen molar-refractivity contribution in [3.8, 4) is 0 Å². The Hall–Kier alpha value is -6.64. The quantitative estimate of drug-likeness (QED) is 0.136. The number of rotatable bonds is 12. The Morgan fingerprint density at radius 3 is 1.30 bits per heavy atom. The van der Waals surface area contributed by atoms with Gasteiger partial charge in [0.05, 0.1) is 23.8 Å². The summed E-state index contributed by atoms with van der Waals surface area (Å²) < 4.78 is 3.24. The fraction of sp³-hybridized carbons (Fsp3) is 0.200. The lowest BCUT2D eigenvalue weighted by molar-refractivity contribution is 0.0947. The summed E-state index contributed by atoms with van der Waals surface area (Å²) >= 11 is 0. The van der Waals surface area contributed by atoms with Crippen molar-refractivity contribution in [3.63, 3.8) is 0 Å². The van der Waals surface area contributed by atoms with E-state index in [9.17, 15) is 29.4 Å². The highest BCUT2D eigenvalue weighted by atomic mass is 16.3. The summed E-state index contributed by atoms with van der Waals surface area (Å²) in [6.07, 6.45) is 4.98. The lowest BCUT2D eigenvalue weighted by atomic mass is 10.00. The van der Waals surface area contributed by atoms with Crippen molar-refractivity contribution < 1.29 is 29.4 Å². The molecule has 0 saturated carbocycles. The van der Waals surface area contributed by atoms with Crippen LogP contribution >= 0.6 is 0 Å². The van der Waals surface area contributed by atoms with Gasteiger partial charge in [-0.15, -0.1) is 0 Å². The minimum Gasteiger partial charge on any atom is -0.382 e. The predicted molar refractivity (Wildman–Crippen MR) is 199 cm³/mol. The van der Waals surface area contributed by atoms with Gasteiger partial charge in [0.1, 0.15) is 23.6 Å². The third kappa shape index (κ3) is 9.82. The number of carbonyl (C=O) groups is 4. The molecule has 14 nitrogen and oxygen atoms in total. The van der Waals surface area contributed by atoms with Crippen LogP contribution < -0.4 is 10.6 Å². The topological polar surface area (TPSA) is 194 Å². The summed E-state index contributed by atoms with van der Waals surface area (Å²) in [5.74, 6) is -1.21. The number of Topliss-reactive ketones (excluding diaryl/α,β-unsaturated/α-hetero) is 2. The van der Waals surface area contributed by atoms with Crippen molar-refractivity contribution in [3.05, 3.63) is 166 Å². The zero-order chi connectivity index (χ0) is 38.8. The van der Waals surface area contributed by atoms with Crippen molar-refractivity contribution in [2.24, 2.45) is 14.1 Å². The molecular formula is C40H40N8O6. The minimum absolute atomic E-state index is 0.0829. The van der Waals surface area contributed by atoms with E-state index < -0.39 is 24.0 Å². The number of aliphatic hydroxyl groups is 2. The zero-order valence-corrected chi connectivity index (χ0v) is 30.2. The van der Waals surface area contributed by atoms with Crippen LogP contribution in [0.1, 0.15) is 87.5 Å². The zero-order valence-electron chi connectivity index (χ0n) is 30.2. The van der Waals surface area contributed by atoms with Crippen LogP contribution in [0.3, 0.4) is 0 Å². The fourth-order valence-electron chi connectivity index (χ4n) is 5.51. The molecule has 2 amide bonds. The van der Waals surface area contributed by atoms with Crippen molar-refractivity contribution in [2.75, 3.05) is 14.1 Å². The van der Waals surface area contributed by atoms with Gasteiger partial charge in [-0.05, 0) is 46.5 Å². The average Bonchev–Trinajstić information content (AvgIpc) is 3.82. The van der Waals surface area contributed by atoms with Crippen molar-refractivity contribution in [1.82, 2.24) is 40.2 Å². The smallest absolute Gasteiger partial charge is 0.269 e. The Morgan fingerprint density at radius 2 is 0.981 bits per heavy atom. The second-order valence-electron chi connectivity index (χ2n) is 12.4. The second kappa shape index (κ2) is 17.7. The number of aromatic nitrogens is 6. The van der Waals surface area contributed by atoms with E-state index in [1.165, 1.54) is 38.4 Å². The molecule has 0 aliphatic rings. The van der Waals surface area contributed by atoms with Crippen LogP contribution in [0.4, 0.5) is 0 Å². The number of aliphatic hydroxyl groups excluding tert-OH is 2. The molecule has 0 spiro atoms. The van der Waals surface area contributed by atoms with Crippen LogP contribution in [0.15, 0.2) is 110 Å². The molecule has 2 atom stereocenters. The molecule has 14 heteroatoms. The van der Waals surface area contributed by atoms with E-state index >= 15 is 0 Å². The van der Waals surface area contributed by atoms with Crippen LogP contribution in [0.25, 0.3) is 0 Å². The summed E-state index contributed by atoms with van der Waals surface area (Å²) in [6.45, 7) is 0. The number of ketones is 2. The van der Waals surface area contributed by atoms with Crippen molar-refractivity contribution in [2.45, 2.75) is 25.0 Å². The van der Waals surface area contributed by atoms with E-state index in [4.69, 9.17) is 0 Å². The maximum atomic E-state index is 12.7. The Bertz CT molecular complexity index is 2090. The van der Waals surface area contributed by atoms with Gasteiger partial charge >= 0.3 is 0 Å². The number of amides is 2. The van der Waals surface area contributed by atoms with Gasteiger partial charge in [-0.1, -0.05) is 60.7 Å². The molecule has 0 fully saturated rings. The van der Waals surface area contributed by atoms with E-state index in [2.05, 4.69) is 30.8 Å². The molecule has 4 aromatic heterocycles.